The van der Waals surface area contributed by atoms with E-state index in [-0.39, 0.29) is 23.5 Å². The van der Waals surface area contributed by atoms with Crippen molar-refractivity contribution in [1.29, 1.82) is 0 Å². The smallest absolute Gasteiger partial charge is 0.255 e. The van der Waals surface area contributed by atoms with Gasteiger partial charge in [-0.3, -0.25) is 9.59 Å². The summed E-state index contributed by atoms with van der Waals surface area (Å²) in [5.74, 6) is -0.797. The van der Waals surface area contributed by atoms with Gasteiger partial charge in [-0.25, -0.2) is 4.39 Å². The summed E-state index contributed by atoms with van der Waals surface area (Å²) in [5, 5.41) is 3.29. The lowest BCUT2D eigenvalue weighted by Gasteiger charge is -2.32. The van der Waals surface area contributed by atoms with Crippen molar-refractivity contribution in [1.82, 2.24) is 10.2 Å². The minimum absolute atomic E-state index is 0.0917. The molecule has 0 aromatic heterocycles. The molecule has 1 aliphatic rings. The largest absolute Gasteiger partial charge is 0.352 e. The quantitative estimate of drug-likeness (QED) is 0.888. The Hall–Kier alpha value is -2.40. The Labute approximate surface area is 157 Å². The molecule has 1 N–H and O–H groups in total. The van der Waals surface area contributed by atoms with Gasteiger partial charge in [-0.15, -0.1) is 0 Å². The number of nitrogens with one attached hydrogen (secondary N) is 1. The van der Waals surface area contributed by atoms with Gasteiger partial charge in [-0.05, 0) is 42.7 Å². The van der Waals surface area contributed by atoms with Gasteiger partial charge in [0.15, 0.2) is 0 Å². The number of rotatable bonds is 4. The molecule has 0 saturated carbocycles. The first kappa shape index (κ1) is 18.4. The minimum Gasteiger partial charge on any atom is -0.352 e. The zero-order valence-electron chi connectivity index (χ0n) is 14.3. The third-order valence-corrected chi connectivity index (χ3v) is 4.89. The number of carbonyl (C=O) groups is 2. The van der Waals surface area contributed by atoms with Crippen LogP contribution in [-0.2, 0) is 11.3 Å². The number of benzene rings is 2. The predicted octanol–water partition coefficient (Wildman–Crippen LogP) is 3.65. The number of hydrogen-bond donors (Lipinski definition) is 1. The topological polar surface area (TPSA) is 49.4 Å². The van der Waals surface area contributed by atoms with E-state index in [9.17, 15) is 14.0 Å². The van der Waals surface area contributed by atoms with Gasteiger partial charge in [0.1, 0.15) is 5.82 Å². The van der Waals surface area contributed by atoms with E-state index in [1.165, 1.54) is 12.1 Å². The zero-order valence-corrected chi connectivity index (χ0v) is 15.0. The Morgan fingerprint density at radius 2 is 1.88 bits per heavy atom. The highest BCUT2D eigenvalue weighted by Gasteiger charge is 2.29. The molecular weight excluding hydrogens is 355 g/mol. The third kappa shape index (κ3) is 4.41. The second-order valence-electron chi connectivity index (χ2n) is 6.41. The van der Waals surface area contributed by atoms with Crippen molar-refractivity contribution in [3.8, 4) is 0 Å². The summed E-state index contributed by atoms with van der Waals surface area (Å²) in [4.78, 5) is 26.8. The van der Waals surface area contributed by atoms with Crippen molar-refractivity contribution in [3.05, 3.63) is 70.5 Å². The lowest BCUT2D eigenvalue weighted by Crippen LogP contribution is -2.45. The van der Waals surface area contributed by atoms with Gasteiger partial charge in [0.05, 0.1) is 16.5 Å². The van der Waals surface area contributed by atoms with Crippen molar-refractivity contribution < 1.29 is 14.0 Å². The van der Waals surface area contributed by atoms with Crippen LogP contribution in [0.5, 0.6) is 0 Å². The van der Waals surface area contributed by atoms with Gasteiger partial charge < -0.3 is 10.2 Å². The lowest BCUT2D eigenvalue weighted by molar-refractivity contribution is -0.126. The maximum absolute atomic E-state index is 12.9. The van der Waals surface area contributed by atoms with E-state index in [1.54, 1.807) is 41.3 Å². The molecule has 1 fully saturated rings. The first-order chi connectivity index (χ1) is 12.5. The van der Waals surface area contributed by atoms with Gasteiger partial charge in [0.2, 0.25) is 5.91 Å². The van der Waals surface area contributed by atoms with E-state index < -0.39 is 0 Å². The van der Waals surface area contributed by atoms with E-state index in [4.69, 9.17) is 11.6 Å². The van der Waals surface area contributed by atoms with Crippen molar-refractivity contribution in [3.63, 3.8) is 0 Å². The highest BCUT2D eigenvalue weighted by Crippen LogP contribution is 2.22. The van der Waals surface area contributed by atoms with Crippen LogP contribution in [0, 0.1) is 11.7 Å². The van der Waals surface area contributed by atoms with E-state index in [2.05, 4.69) is 5.32 Å². The normalized spacial score (nSPS) is 17.0. The predicted molar refractivity (Wildman–Crippen MR) is 98.3 cm³/mol. The van der Waals surface area contributed by atoms with Gasteiger partial charge in [-0.1, -0.05) is 35.9 Å². The average Bonchev–Trinajstić information content (AvgIpc) is 2.67. The Kier molecular flexibility index (Phi) is 5.89. The molecule has 1 saturated heterocycles. The molecule has 1 unspecified atom stereocenters. The molecular formula is C20H20ClFN2O2. The molecule has 2 aromatic rings. The van der Waals surface area contributed by atoms with Crippen molar-refractivity contribution in [2.75, 3.05) is 13.1 Å². The molecule has 2 aromatic carbocycles. The molecule has 1 aliphatic heterocycles. The molecule has 4 nitrogen and oxygen atoms in total. The van der Waals surface area contributed by atoms with Crippen LogP contribution in [0.2, 0.25) is 5.02 Å². The molecule has 26 heavy (non-hydrogen) atoms. The van der Waals surface area contributed by atoms with Crippen LogP contribution in [0.15, 0.2) is 48.5 Å². The minimum atomic E-state index is -0.305. The van der Waals surface area contributed by atoms with Crippen LogP contribution < -0.4 is 5.32 Å². The van der Waals surface area contributed by atoms with Gasteiger partial charge in [-0.2, -0.15) is 0 Å². The van der Waals surface area contributed by atoms with Gasteiger partial charge in [0, 0.05) is 19.6 Å². The van der Waals surface area contributed by atoms with Crippen LogP contribution in [-0.4, -0.2) is 29.8 Å². The number of nitrogens with zero attached hydrogens (tertiary/aromatic N) is 1. The SMILES string of the molecule is O=C(NCc1ccc(F)cc1)C1CCCN(C(=O)c2ccccc2Cl)C1. The highest BCUT2D eigenvalue weighted by atomic mass is 35.5. The molecule has 1 atom stereocenters. The van der Waals surface area contributed by atoms with Crippen LogP contribution in [0.4, 0.5) is 4.39 Å². The maximum Gasteiger partial charge on any atom is 0.255 e. The van der Waals surface area contributed by atoms with Crippen LogP contribution >= 0.6 is 11.6 Å². The fourth-order valence-corrected chi connectivity index (χ4v) is 3.33. The number of piperidine rings is 1. The summed E-state index contributed by atoms with van der Waals surface area (Å²) >= 11 is 6.11. The second-order valence-corrected chi connectivity index (χ2v) is 6.82. The fraction of sp³-hybridized carbons (Fsp3) is 0.300. The van der Waals surface area contributed by atoms with Crippen molar-refractivity contribution >= 4 is 23.4 Å². The first-order valence-electron chi connectivity index (χ1n) is 8.60. The summed E-state index contributed by atoms with van der Waals surface area (Å²) in [7, 11) is 0. The molecule has 136 valence electrons. The monoisotopic (exact) mass is 374 g/mol. The Bertz CT molecular complexity index is 795. The molecule has 1 heterocycles. The van der Waals surface area contributed by atoms with E-state index >= 15 is 0 Å². The summed E-state index contributed by atoms with van der Waals surface area (Å²) in [6.07, 6.45) is 1.51. The van der Waals surface area contributed by atoms with Crippen LogP contribution in [0.3, 0.4) is 0 Å². The molecule has 0 radical (unpaired) electrons. The average molecular weight is 375 g/mol. The summed E-state index contributed by atoms with van der Waals surface area (Å²) in [5.41, 5.74) is 1.29. The van der Waals surface area contributed by atoms with Crippen LogP contribution in [0.1, 0.15) is 28.8 Å². The number of amides is 2. The summed E-state index contributed by atoms with van der Waals surface area (Å²) in [6.45, 7) is 1.33. The Morgan fingerprint density at radius 3 is 2.62 bits per heavy atom. The van der Waals surface area contributed by atoms with E-state index in [0.717, 1.165) is 18.4 Å². The number of likely N-dealkylation sites (tertiary alicyclic amines) is 1. The van der Waals surface area contributed by atoms with Crippen LogP contribution in [0.25, 0.3) is 0 Å². The van der Waals surface area contributed by atoms with E-state index in [1.807, 2.05) is 0 Å². The van der Waals surface area contributed by atoms with Gasteiger partial charge in [0.25, 0.3) is 5.91 Å². The molecule has 0 spiro atoms. The summed E-state index contributed by atoms with van der Waals surface area (Å²) in [6, 6.07) is 13.0. The van der Waals surface area contributed by atoms with E-state index in [0.29, 0.717) is 30.2 Å². The molecule has 3 rings (SSSR count). The first-order valence-corrected chi connectivity index (χ1v) is 8.98. The van der Waals surface area contributed by atoms with Crippen molar-refractivity contribution in [2.24, 2.45) is 5.92 Å². The number of carbonyl (C=O) groups excluding carboxylic acids is 2. The summed E-state index contributed by atoms with van der Waals surface area (Å²) < 4.78 is 12.9. The van der Waals surface area contributed by atoms with Gasteiger partial charge >= 0.3 is 0 Å². The number of halogens is 2. The fourth-order valence-electron chi connectivity index (χ4n) is 3.12. The third-order valence-electron chi connectivity index (χ3n) is 4.56. The maximum atomic E-state index is 12.9. The lowest BCUT2D eigenvalue weighted by atomic mass is 9.96. The Balaban J connectivity index is 1.59. The van der Waals surface area contributed by atoms with Crippen molar-refractivity contribution in [2.45, 2.75) is 19.4 Å². The molecule has 0 bridgehead atoms. The zero-order chi connectivity index (χ0) is 18.5. The Morgan fingerprint density at radius 1 is 1.15 bits per heavy atom. The standard InChI is InChI=1S/C20H20ClFN2O2/c21-18-6-2-1-5-17(18)20(26)24-11-3-4-15(13-24)19(25)23-12-14-7-9-16(22)10-8-14/h1-2,5-10,15H,3-4,11-13H2,(H,23,25). The molecule has 6 heteroatoms. The molecule has 2 amide bonds. The highest BCUT2D eigenvalue weighted by molar-refractivity contribution is 6.33. The second kappa shape index (κ2) is 8.32. The number of hydrogen-bond acceptors (Lipinski definition) is 2. The molecule has 0 aliphatic carbocycles.